The number of fused-ring (bicyclic) bond motifs is 1. The monoisotopic (exact) mass is 385 g/mol. The average Bonchev–Trinajstić information content (AvgIpc) is 3.36. The van der Waals surface area contributed by atoms with Crippen molar-refractivity contribution in [1.29, 1.82) is 0 Å². The number of sulfonamides is 1. The third-order valence-corrected chi connectivity index (χ3v) is 7.15. The summed E-state index contributed by atoms with van der Waals surface area (Å²) in [6.45, 7) is 2.51. The number of hydrogen-bond acceptors (Lipinski definition) is 4. The summed E-state index contributed by atoms with van der Waals surface area (Å²) in [5, 5.41) is 6.22. The zero-order chi connectivity index (χ0) is 18.9. The van der Waals surface area contributed by atoms with Crippen molar-refractivity contribution in [2.75, 3.05) is 6.54 Å². The first-order valence-corrected chi connectivity index (χ1v) is 10.7. The first-order valence-electron chi connectivity index (χ1n) is 9.22. The highest BCUT2D eigenvalue weighted by Crippen LogP contribution is 2.26. The van der Waals surface area contributed by atoms with Crippen LogP contribution in [-0.2, 0) is 34.5 Å². The standard InChI is InChI=1S/C20H23N3O3S/c24-20(22-12-15-8-9-16-13-21-14-17(16)11-15)19-7-4-10-23(19)27(25,26)18-5-2-1-3-6-18/h1-3,5-6,8-9,11,19,21H,4,7,10,12-14H2,(H,22,24). The molecule has 0 bridgehead atoms. The van der Waals surface area contributed by atoms with Crippen LogP contribution >= 0.6 is 0 Å². The van der Waals surface area contributed by atoms with Crippen LogP contribution in [0.15, 0.2) is 53.4 Å². The molecule has 2 aromatic carbocycles. The molecule has 2 aliphatic rings. The predicted octanol–water partition coefficient (Wildman–Crippen LogP) is 1.76. The van der Waals surface area contributed by atoms with Gasteiger partial charge in [0.25, 0.3) is 0 Å². The van der Waals surface area contributed by atoms with Crippen LogP contribution in [0, 0.1) is 0 Å². The van der Waals surface area contributed by atoms with Crippen LogP contribution < -0.4 is 10.6 Å². The Morgan fingerprint density at radius 3 is 2.70 bits per heavy atom. The fourth-order valence-corrected chi connectivity index (χ4v) is 5.46. The highest BCUT2D eigenvalue weighted by atomic mass is 32.2. The minimum Gasteiger partial charge on any atom is -0.351 e. The topological polar surface area (TPSA) is 78.5 Å². The second kappa shape index (κ2) is 7.42. The Morgan fingerprint density at radius 1 is 1.11 bits per heavy atom. The molecule has 0 radical (unpaired) electrons. The van der Waals surface area contributed by atoms with Gasteiger partial charge in [0.2, 0.25) is 15.9 Å². The predicted molar refractivity (Wildman–Crippen MR) is 102 cm³/mol. The van der Waals surface area contributed by atoms with Gasteiger partial charge in [-0.3, -0.25) is 4.79 Å². The average molecular weight is 385 g/mol. The fourth-order valence-electron chi connectivity index (χ4n) is 3.78. The number of carbonyl (C=O) groups is 1. The van der Waals surface area contributed by atoms with Crippen LogP contribution in [0.2, 0.25) is 0 Å². The van der Waals surface area contributed by atoms with Crippen molar-refractivity contribution in [1.82, 2.24) is 14.9 Å². The van der Waals surface area contributed by atoms with Crippen LogP contribution in [0.5, 0.6) is 0 Å². The summed E-state index contributed by atoms with van der Waals surface area (Å²) in [7, 11) is -3.66. The van der Waals surface area contributed by atoms with Crippen molar-refractivity contribution in [2.24, 2.45) is 0 Å². The summed E-state index contributed by atoms with van der Waals surface area (Å²) in [5.41, 5.74) is 3.58. The van der Waals surface area contributed by atoms with Crippen LogP contribution in [0.4, 0.5) is 0 Å². The van der Waals surface area contributed by atoms with Gasteiger partial charge >= 0.3 is 0 Å². The minimum absolute atomic E-state index is 0.231. The SMILES string of the molecule is O=C(NCc1ccc2c(c1)CNC2)C1CCCN1S(=O)(=O)c1ccccc1. The Labute approximate surface area is 159 Å². The molecule has 142 valence electrons. The largest absolute Gasteiger partial charge is 0.351 e. The van der Waals surface area contributed by atoms with E-state index in [2.05, 4.69) is 22.8 Å². The van der Waals surface area contributed by atoms with Gasteiger partial charge in [0.05, 0.1) is 4.90 Å². The summed E-state index contributed by atoms with van der Waals surface area (Å²) >= 11 is 0. The summed E-state index contributed by atoms with van der Waals surface area (Å²) in [4.78, 5) is 12.9. The Bertz CT molecular complexity index is 944. The zero-order valence-corrected chi connectivity index (χ0v) is 15.8. The smallest absolute Gasteiger partial charge is 0.243 e. The van der Waals surface area contributed by atoms with Gasteiger partial charge in [0.15, 0.2) is 0 Å². The lowest BCUT2D eigenvalue weighted by atomic mass is 10.1. The number of carbonyl (C=O) groups excluding carboxylic acids is 1. The molecule has 0 saturated carbocycles. The van der Waals surface area contributed by atoms with E-state index in [0.29, 0.717) is 25.9 Å². The molecular formula is C20H23N3O3S. The van der Waals surface area contributed by atoms with Crippen LogP contribution in [0.25, 0.3) is 0 Å². The van der Waals surface area contributed by atoms with E-state index < -0.39 is 16.1 Å². The number of nitrogens with one attached hydrogen (secondary N) is 2. The molecule has 2 aliphatic heterocycles. The van der Waals surface area contributed by atoms with E-state index in [1.807, 2.05) is 6.07 Å². The van der Waals surface area contributed by atoms with Gasteiger partial charge in [-0.15, -0.1) is 0 Å². The molecule has 2 heterocycles. The molecule has 1 amide bonds. The van der Waals surface area contributed by atoms with Crippen molar-refractivity contribution in [3.63, 3.8) is 0 Å². The maximum absolute atomic E-state index is 12.9. The maximum atomic E-state index is 12.9. The van der Waals surface area contributed by atoms with E-state index in [1.54, 1.807) is 30.3 Å². The second-order valence-corrected chi connectivity index (χ2v) is 8.90. The van der Waals surface area contributed by atoms with Gasteiger partial charge in [-0.2, -0.15) is 4.31 Å². The van der Waals surface area contributed by atoms with Crippen LogP contribution in [0.1, 0.15) is 29.5 Å². The van der Waals surface area contributed by atoms with E-state index in [1.165, 1.54) is 15.4 Å². The van der Waals surface area contributed by atoms with E-state index in [4.69, 9.17) is 0 Å². The Kier molecular flexibility index (Phi) is 4.99. The number of nitrogens with zero attached hydrogens (tertiary/aromatic N) is 1. The van der Waals surface area contributed by atoms with Gasteiger partial charge in [0.1, 0.15) is 6.04 Å². The molecule has 0 spiro atoms. The Hall–Kier alpha value is -2.22. The summed E-state index contributed by atoms with van der Waals surface area (Å²) in [6, 6.07) is 13.9. The van der Waals surface area contributed by atoms with Gasteiger partial charge < -0.3 is 10.6 Å². The van der Waals surface area contributed by atoms with Crippen LogP contribution in [0.3, 0.4) is 0 Å². The molecular weight excluding hydrogens is 362 g/mol. The maximum Gasteiger partial charge on any atom is 0.243 e. The molecule has 4 rings (SSSR count). The summed E-state index contributed by atoms with van der Waals surface area (Å²) in [5.74, 6) is -0.231. The van der Waals surface area contributed by atoms with Crippen molar-refractivity contribution in [2.45, 2.75) is 43.4 Å². The van der Waals surface area contributed by atoms with Gasteiger partial charge in [-0.05, 0) is 41.7 Å². The highest BCUT2D eigenvalue weighted by Gasteiger charge is 2.39. The fraction of sp³-hybridized carbons (Fsp3) is 0.350. The van der Waals surface area contributed by atoms with E-state index >= 15 is 0 Å². The first-order chi connectivity index (χ1) is 13.1. The van der Waals surface area contributed by atoms with E-state index in [0.717, 1.165) is 18.7 Å². The lowest BCUT2D eigenvalue weighted by Gasteiger charge is -2.23. The van der Waals surface area contributed by atoms with Crippen molar-refractivity contribution in [3.8, 4) is 0 Å². The minimum atomic E-state index is -3.66. The molecule has 27 heavy (non-hydrogen) atoms. The van der Waals surface area contributed by atoms with E-state index in [9.17, 15) is 13.2 Å². The number of rotatable bonds is 5. The molecule has 1 saturated heterocycles. The Balaban J connectivity index is 1.45. The molecule has 2 N–H and O–H groups in total. The quantitative estimate of drug-likeness (QED) is 0.822. The van der Waals surface area contributed by atoms with Gasteiger partial charge in [-0.1, -0.05) is 36.4 Å². The molecule has 1 unspecified atom stereocenters. The van der Waals surface area contributed by atoms with Crippen LogP contribution in [-0.4, -0.2) is 31.2 Å². The van der Waals surface area contributed by atoms with Gasteiger partial charge in [0, 0.05) is 26.2 Å². The molecule has 2 aromatic rings. The molecule has 7 heteroatoms. The molecule has 1 atom stereocenters. The van der Waals surface area contributed by atoms with Gasteiger partial charge in [-0.25, -0.2) is 8.42 Å². The lowest BCUT2D eigenvalue weighted by Crippen LogP contribution is -2.45. The number of amides is 1. The number of benzene rings is 2. The second-order valence-electron chi connectivity index (χ2n) is 7.01. The highest BCUT2D eigenvalue weighted by molar-refractivity contribution is 7.89. The summed E-state index contributed by atoms with van der Waals surface area (Å²) < 4.78 is 27.1. The zero-order valence-electron chi connectivity index (χ0n) is 15.0. The molecule has 1 fully saturated rings. The Morgan fingerprint density at radius 2 is 1.89 bits per heavy atom. The lowest BCUT2D eigenvalue weighted by molar-refractivity contribution is -0.124. The first kappa shape index (κ1) is 18.2. The van der Waals surface area contributed by atoms with Crippen molar-refractivity contribution in [3.05, 3.63) is 65.2 Å². The molecule has 0 aromatic heterocycles. The molecule has 0 aliphatic carbocycles. The third-order valence-electron chi connectivity index (χ3n) is 5.22. The summed E-state index contributed by atoms with van der Waals surface area (Å²) in [6.07, 6.45) is 1.24. The third kappa shape index (κ3) is 3.63. The van der Waals surface area contributed by atoms with Crippen molar-refractivity contribution < 1.29 is 13.2 Å². The van der Waals surface area contributed by atoms with E-state index in [-0.39, 0.29) is 10.8 Å². The van der Waals surface area contributed by atoms with Crippen molar-refractivity contribution >= 4 is 15.9 Å². The number of hydrogen-bond donors (Lipinski definition) is 2. The normalized spacial score (nSPS) is 19.8. The molecule has 6 nitrogen and oxygen atoms in total.